The molecule has 0 saturated carbocycles. The number of benzene rings is 1. The summed E-state index contributed by atoms with van der Waals surface area (Å²) in [6, 6.07) is 6.34. The first-order valence-electron chi connectivity index (χ1n) is 4.79. The van der Waals surface area contributed by atoms with Gasteiger partial charge in [0.05, 0.1) is 18.1 Å². The van der Waals surface area contributed by atoms with Gasteiger partial charge in [0.2, 0.25) is 0 Å². The summed E-state index contributed by atoms with van der Waals surface area (Å²) in [5, 5.41) is 0. The standard InChI is InChI=1S/C12H12N2S/c1-8-3-4-9(2)10(5-8)11-6-13-7-12(15)14-11/h3-7H,1-2H3,(H,14,15). The van der Waals surface area contributed by atoms with Gasteiger partial charge in [-0.2, -0.15) is 0 Å². The van der Waals surface area contributed by atoms with Crippen molar-refractivity contribution >= 4 is 12.2 Å². The van der Waals surface area contributed by atoms with Crippen molar-refractivity contribution in [2.75, 3.05) is 0 Å². The molecule has 0 radical (unpaired) electrons. The van der Waals surface area contributed by atoms with Crippen molar-refractivity contribution in [1.82, 2.24) is 9.97 Å². The number of hydrogen-bond acceptors (Lipinski definition) is 2. The van der Waals surface area contributed by atoms with Crippen molar-refractivity contribution in [1.29, 1.82) is 0 Å². The summed E-state index contributed by atoms with van der Waals surface area (Å²) in [4.78, 5) is 7.24. The number of aromatic nitrogens is 2. The molecule has 1 N–H and O–H groups in total. The molecule has 0 aliphatic heterocycles. The van der Waals surface area contributed by atoms with E-state index in [1.54, 1.807) is 12.4 Å². The Bertz CT molecular complexity index is 543. The van der Waals surface area contributed by atoms with Gasteiger partial charge in [0.15, 0.2) is 0 Å². The Morgan fingerprint density at radius 2 is 2.00 bits per heavy atom. The summed E-state index contributed by atoms with van der Waals surface area (Å²) in [6.07, 6.45) is 3.45. The minimum Gasteiger partial charge on any atom is -0.344 e. The molecule has 0 amide bonds. The van der Waals surface area contributed by atoms with Gasteiger partial charge in [0.1, 0.15) is 4.64 Å². The van der Waals surface area contributed by atoms with E-state index in [1.165, 1.54) is 11.1 Å². The predicted molar refractivity (Wildman–Crippen MR) is 64.3 cm³/mol. The lowest BCUT2D eigenvalue weighted by atomic mass is 10.0. The van der Waals surface area contributed by atoms with Crippen molar-refractivity contribution in [3.8, 4) is 11.3 Å². The molecule has 2 aromatic rings. The first-order valence-corrected chi connectivity index (χ1v) is 5.19. The Hall–Kier alpha value is -1.48. The summed E-state index contributed by atoms with van der Waals surface area (Å²) in [6.45, 7) is 4.16. The Balaban J connectivity index is 2.63. The SMILES string of the molecule is Cc1ccc(C)c(-c2cncc(=S)[nH]2)c1. The van der Waals surface area contributed by atoms with Gasteiger partial charge in [-0.15, -0.1) is 0 Å². The van der Waals surface area contributed by atoms with Gasteiger partial charge in [-0.1, -0.05) is 29.9 Å². The number of aromatic amines is 1. The lowest BCUT2D eigenvalue weighted by molar-refractivity contribution is 1.18. The Kier molecular flexibility index (Phi) is 2.64. The number of rotatable bonds is 1. The molecule has 0 atom stereocenters. The average molecular weight is 216 g/mol. The van der Waals surface area contributed by atoms with Gasteiger partial charge < -0.3 is 4.98 Å². The van der Waals surface area contributed by atoms with E-state index in [1.807, 2.05) is 0 Å². The van der Waals surface area contributed by atoms with Crippen LogP contribution in [0.3, 0.4) is 0 Å². The van der Waals surface area contributed by atoms with Crippen LogP contribution in [0.5, 0.6) is 0 Å². The smallest absolute Gasteiger partial charge is 0.122 e. The van der Waals surface area contributed by atoms with E-state index < -0.39 is 0 Å². The molecular weight excluding hydrogens is 204 g/mol. The van der Waals surface area contributed by atoms with Crippen LogP contribution in [0.25, 0.3) is 11.3 Å². The molecule has 0 unspecified atom stereocenters. The third kappa shape index (κ3) is 2.13. The highest BCUT2D eigenvalue weighted by atomic mass is 32.1. The van der Waals surface area contributed by atoms with Gasteiger partial charge in [0.25, 0.3) is 0 Å². The van der Waals surface area contributed by atoms with Crippen LogP contribution in [0.4, 0.5) is 0 Å². The van der Waals surface area contributed by atoms with E-state index in [2.05, 4.69) is 42.0 Å². The van der Waals surface area contributed by atoms with Crippen LogP contribution in [0.2, 0.25) is 0 Å². The molecule has 2 nitrogen and oxygen atoms in total. The minimum atomic E-state index is 0.661. The van der Waals surface area contributed by atoms with E-state index in [0.717, 1.165) is 11.3 Å². The fourth-order valence-corrected chi connectivity index (χ4v) is 1.71. The normalized spacial score (nSPS) is 10.3. The monoisotopic (exact) mass is 216 g/mol. The molecule has 1 heterocycles. The quantitative estimate of drug-likeness (QED) is 0.740. The summed E-state index contributed by atoms with van der Waals surface area (Å²) >= 11 is 5.06. The second-order valence-corrected chi connectivity index (χ2v) is 4.07. The first-order chi connectivity index (χ1) is 7.16. The van der Waals surface area contributed by atoms with Gasteiger partial charge in [-0.05, 0) is 25.5 Å². The Morgan fingerprint density at radius 3 is 2.73 bits per heavy atom. The summed E-state index contributed by atoms with van der Waals surface area (Å²) in [5.74, 6) is 0. The molecule has 0 aliphatic carbocycles. The van der Waals surface area contributed by atoms with Crippen molar-refractivity contribution in [2.45, 2.75) is 13.8 Å². The average Bonchev–Trinajstić information content (AvgIpc) is 2.22. The highest BCUT2D eigenvalue weighted by Gasteiger charge is 2.02. The molecule has 1 aromatic heterocycles. The summed E-state index contributed by atoms with van der Waals surface area (Å²) in [5.41, 5.74) is 4.59. The molecule has 0 spiro atoms. The topological polar surface area (TPSA) is 28.7 Å². The summed E-state index contributed by atoms with van der Waals surface area (Å²) < 4.78 is 0.661. The second-order valence-electron chi connectivity index (χ2n) is 3.63. The van der Waals surface area contributed by atoms with Crippen LogP contribution in [0.15, 0.2) is 30.6 Å². The van der Waals surface area contributed by atoms with Crippen LogP contribution in [0.1, 0.15) is 11.1 Å². The van der Waals surface area contributed by atoms with Crippen LogP contribution in [-0.2, 0) is 0 Å². The van der Waals surface area contributed by atoms with Crippen molar-refractivity contribution in [3.05, 3.63) is 46.4 Å². The zero-order valence-electron chi connectivity index (χ0n) is 8.74. The van der Waals surface area contributed by atoms with Crippen molar-refractivity contribution in [3.63, 3.8) is 0 Å². The van der Waals surface area contributed by atoms with E-state index in [4.69, 9.17) is 12.2 Å². The fraction of sp³-hybridized carbons (Fsp3) is 0.167. The highest BCUT2D eigenvalue weighted by Crippen LogP contribution is 2.21. The number of H-pyrrole nitrogens is 1. The van der Waals surface area contributed by atoms with Crippen LogP contribution < -0.4 is 0 Å². The molecule has 1 aromatic carbocycles. The lowest BCUT2D eigenvalue weighted by Gasteiger charge is -2.06. The van der Waals surface area contributed by atoms with E-state index in [9.17, 15) is 0 Å². The van der Waals surface area contributed by atoms with Crippen molar-refractivity contribution in [2.24, 2.45) is 0 Å². The second kappa shape index (κ2) is 3.95. The maximum absolute atomic E-state index is 5.06. The van der Waals surface area contributed by atoms with Crippen molar-refractivity contribution < 1.29 is 0 Å². The van der Waals surface area contributed by atoms with Gasteiger partial charge in [-0.3, -0.25) is 4.98 Å². The maximum Gasteiger partial charge on any atom is 0.122 e. The zero-order valence-corrected chi connectivity index (χ0v) is 9.56. The van der Waals surface area contributed by atoms with Gasteiger partial charge >= 0.3 is 0 Å². The number of nitrogens with one attached hydrogen (secondary N) is 1. The molecule has 3 heteroatoms. The van der Waals surface area contributed by atoms with Crippen LogP contribution in [-0.4, -0.2) is 9.97 Å². The maximum atomic E-state index is 5.06. The third-order valence-corrected chi connectivity index (χ3v) is 2.54. The summed E-state index contributed by atoms with van der Waals surface area (Å²) in [7, 11) is 0. The molecular formula is C12H12N2S. The van der Waals surface area contributed by atoms with E-state index in [0.29, 0.717) is 4.64 Å². The molecule has 15 heavy (non-hydrogen) atoms. The van der Waals surface area contributed by atoms with Gasteiger partial charge in [0, 0.05) is 5.56 Å². The highest BCUT2D eigenvalue weighted by molar-refractivity contribution is 7.71. The van der Waals surface area contributed by atoms with E-state index >= 15 is 0 Å². The predicted octanol–water partition coefficient (Wildman–Crippen LogP) is 3.42. The number of aryl methyl sites for hydroxylation is 2. The Morgan fingerprint density at radius 1 is 1.20 bits per heavy atom. The molecule has 0 aliphatic rings. The molecule has 0 bridgehead atoms. The zero-order chi connectivity index (χ0) is 10.8. The number of nitrogens with zero attached hydrogens (tertiary/aromatic N) is 1. The van der Waals surface area contributed by atoms with Crippen LogP contribution in [0, 0.1) is 18.5 Å². The third-order valence-electron chi connectivity index (χ3n) is 2.34. The van der Waals surface area contributed by atoms with E-state index in [-0.39, 0.29) is 0 Å². The molecule has 2 rings (SSSR count). The van der Waals surface area contributed by atoms with Gasteiger partial charge in [-0.25, -0.2) is 0 Å². The molecule has 0 saturated heterocycles. The lowest BCUT2D eigenvalue weighted by Crippen LogP contribution is -1.89. The molecule has 0 fully saturated rings. The molecule has 76 valence electrons. The largest absolute Gasteiger partial charge is 0.344 e. The number of hydrogen-bond donors (Lipinski definition) is 1. The fourth-order valence-electron chi connectivity index (χ4n) is 1.54. The minimum absolute atomic E-state index is 0.661. The van der Waals surface area contributed by atoms with Crippen LogP contribution >= 0.6 is 12.2 Å². The first kappa shape index (κ1) is 10.1. The Labute approximate surface area is 94.0 Å².